The number of carbonyl (C=O) groups excluding carboxylic acids is 2. The zero-order chi connectivity index (χ0) is 23.1. The fourth-order valence-electron chi connectivity index (χ4n) is 4.40. The van der Waals surface area contributed by atoms with Crippen LogP contribution in [-0.2, 0) is 9.59 Å². The first-order chi connectivity index (χ1) is 15.9. The van der Waals surface area contributed by atoms with Gasteiger partial charge in [-0.25, -0.2) is 4.98 Å². The van der Waals surface area contributed by atoms with Crippen molar-refractivity contribution >= 4 is 56.7 Å². The van der Waals surface area contributed by atoms with E-state index in [0.29, 0.717) is 34.0 Å². The van der Waals surface area contributed by atoms with Gasteiger partial charge in [-0.1, -0.05) is 30.7 Å². The molecule has 4 aromatic rings. The number of carbonyl (C=O) groups is 2. The van der Waals surface area contributed by atoms with Gasteiger partial charge in [-0.3, -0.25) is 19.7 Å². The number of nitrogens with zero attached hydrogens (tertiary/aromatic N) is 4. The van der Waals surface area contributed by atoms with Crippen molar-refractivity contribution < 1.29 is 9.59 Å². The molecule has 0 unspecified atom stereocenters. The number of benzene rings is 1. The number of halogens is 1. The summed E-state index contributed by atoms with van der Waals surface area (Å²) in [5, 5.41) is 11.5. The third-order valence-corrected chi connectivity index (χ3v) is 6.30. The Hall–Kier alpha value is -3.72. The number of rotatable bonds is 2. The van der Waals surface area contributed by atoms with Crippen LogP contribution in [0.5, 0.6) is 0 Å². The highest BCUT2D eigenvalue weighted by molar-refractivity contribution is 6.40. The highest BCUT2D eigenvalue weighted by Crippen LogP contribution is 2.35. The Morgan fingerprint density at radius 1 is 1.18 bits per heavy atom. The summed E-state index contributed by atoms with van der Waals surface area (Å²) in [4.78, 5) is 36.4. The van der Waals surface area contributed by atoms with Gasteiger partial charge in [-0.2, -0.15) is 5.10 Å². The molecule has 1 aliphatic heterocycles. The lowest BCUT2D eigenvalue weighted by Gasteiger charge is -2.38. The molecule has 9 nitrogen and oxygen atoms in total. The number of nitrogens with two attached hydrogens (primary N) is 1. The van der Waals surface area contributed by atoms with E-state index in [2.05, 4.69) is 32.4 Å². The van der Waals surface area contributed by atoms with Crippen molar-refractivity contribution in [3.05, 3.63) is 53.4 Å². The fraction of sp³-hybridized carbons (Fsp3) is 0.261. The molecule has 4 N–H and O–H groups in total. The van der Waals surface area contributed by atoms with Gasteiger partial charge in [-0.15, -0.1) is 0 Å². The van der Waals surface area contributed by atoms with Gasteiger partial charge >= 0.3 is 11.8 Å². The van der Waals surface area contributed by atoms with E-state index in [9.17, 15) is 9.59 Å². The van der Waals surface area contributed by atoms with Gasteiger partial charge in [-0.05, 0) is 36.5 Å². The van der Waals surface area contributed by atoms with Crippen LogP contribution in [0.25, 0.3) is 21.8 Å². The summed E-state index contributed by atoms with van der Waals surface area (Å²) >= 11 is 6.05. The summed E-state index contributed by atoms with van der Waals surface area (Å²) in [5.41, 5.74) is 8.46. The van der Waals surface area contributed by atoms with Crippen LogP contribution in [0.2, 0.25) is 5.02 Å². The third-order valence-electron chi connectivity index (χ3n) is 6.10. The lowest BCUT2D eigenvalue weighted by molar-refractivity contribution is -0.146. The van der Waals surface area contributed by atoms with E-state index in [1.165, 1.54) is 12.4 Å². The minimum Gasteiger partial charge on any atom is -0.383 e. The van der Waals surface area contributed by atoms with Gasteiger partial charge in [0.25, 0.3) is 0 Å². The molecule has 1 aliphatic rings. The van der Waals surface area contributed by atoms with Crippen molar-refractivity contribution in [3.8, 4) is 0 Å². The zero-order valence-corrected chi connectivity index (χ0v) is 18.6. The number of aromatic amines is 1. The summed E-state index contributed by atoms with van der Waals surface area (Å²) in [6.07, 6.45) is 6.26. The van der Waals surface area contributed by atoms with Crippen LogP contribution >= 0.6 is 11.6 Å². The van der Waals surface area contributed by atoms with Crippen molar-refractivity contribution in [2.45, 2.75) is 25.8 Å². The number of fused-ring (bicyclic) bond motifs is 2. The first-order valence-electron chi connectivity index (χ1n) is 10.7. The smallest absolute Gasteiger partial charge is 0.314 e. The zero-order valence-electron chi connectivity index (χ0n) is 17.9. The second-order valence-electron chi connectivity index (χ2n) is 8.43. The van der Waals surface area contributed by atoms with Gasteiger partial charge in [0.1, 0.15) is 5.82 Å². The lowest BCUT2D eigenvalue weighted by atomic mass is 9.89. The molecule has 1 aromatic carbocycles. The summed E-state index contributed by atoms with van der Waals surface area (Å²) < 4.78 is 0. The molecule has 0 bridgehead atoms. The monoisotopic (exact) mass is 463 g/mol. The molecule has 4 heterocycles. The number of amides is 2. The predicted octanol–water partition coefficient (Wildman–Crippen LogP) is 3.68. The van der Waals surface area contributed by atoms with Gasteiger partial charge < -0.3 is 16.0 Å². The number of likely N-dealkylation sites (tertiary alicyclic amines) is 1. The van der Waals surface area contributed by atoms with Gasteiger partial charge in [0, 0.05) is 18.1 Å². The number of H-pyrrole nitrogens is 1. The molecule has 0 radical (unpaired) electrons. The maximum Gasteiger partial charge on any atom is 0.314 e. The van der Waals surface area contributed by atoms with E-state index >= 15 is 0 Å². The molecule has 5 rings (SSSR count). The Balaban J connectivity index is 1.43. The highest BCUT2D eigenvalue weighted by atomic mass is 35.5. The van der Waals surface area contributed by atoms with Crippen LogP contribution in [0.15, 0.2) is 42.9 Å². The quantitative estimate of drug-likeness (QED) is 0.389. The first-order valence-corrected chi connectivity index (χ1v) is 11.0. The van der Waals surface area contributed by atoms with Crippen molar-refractivity contribution in [1.29, 1.82) is 0 Å². The van der Waals surface area contributed by atoms with Crippen LogP contribution in [0, 0.1) is 5.92 Å². The Labute approximate surface area is 194 Å². The normalized spacial score (nSPS) is 18.5. The molecule has 0 spiro atoms. The summed E-state index contributed by atoms with van der Waals surface area (Å²) in [6.45, 7) is 2.57. The minimum absolute atomic E-state index is 0.224. The number of anilines is 2. The van der Waals surface area contributed by atoms with Gasteiger partial charge in [0.2, 0.25) is 0 Å². The Bertz CT molecular complexity index is 1390. The number of piperidine rings is 1. The van der Waals surface area contributed by atoms with Crippen molar-refractivity contribution in [2.24, 2.45) is 5.92 Å². The van der Waals surface area contributed by atoms with Gasteiger partial charge in [0.05, 0.1) is 45.6 Å². The van der Waals surface area contributed by atoms with Crippen molar-refractivity contribution in [1.82, 2.24) is 25.1 Å². The maximum atomic E-state index is 13.3. The first kappa shape index (κ1) is 21.1. The molecule has 1 saturated heterocycles. The van der Waals surface area contributed by atoms with Crippen molar-refractivity contribution in [2.75, 3.05) is 17.6 Å². The van der Waals surface area contributed by atoms with E-state index < -0.39 is 11.8 Å². The summed E-state index contributed by atoms with van der Waals surface area (Å²) in [5.74, 6) is -0.755. The average Bonchev–Trinajstić information content (AvgIpc) is 3.31. The molecule has 10 heteroatoms. The number of pyridine rings is 2. The topological polar surface area (TPSA) is 130 Å². The average molecular weight is 464 g/mol. The van der Waals surface area contributed by atoms with E-state index in [1.807, 2.05) is 24.3 Å². The summed E-state index contributed by atoms with van der Waals surface area (Å²) in [6, 6.07) is 7.50. The summed E-state index contributed by atoms with van der Waals surface area (Å²) in [7, 11) is 0. The number of hydrogen-bond donors (Lipinski definition) is 3. The SMILES string of the molecule is C[C@H]1CC[C@H](c2ccc3cc(Cl)cnc3c2)N(C(=O)C(=O)Nc2cnc(N)c3cn[nH]c23)C1. The van der Waals surface area contributed by atoms with Crippen molar-refractivity contribution in [3.63, 3.8) is 0 Å². The number of nitrogens with one attached hydrogen (secondary N) is 2. The largest absolute Gasteiger partial charge is 0.383 e. The molecular weight excluding hydrogens is 442 g/mol. The molecule has 2 amide bonds. The second kappa shape index (κ2) is 8.32. The second-order valence-corrected chi connectivity index (χ2v) is 8.87. The standard InChI is InChI=1S/C23H22ClN7O2/c1-12-2-5-19(14-4-3-13-6-15(24)8-26-17(13)7-14)31(11-12)23(33)22(32)29-18-10-27-21(25)16-9-28-30-20(16)18/h3-4,6-10,12,19H,2,5,11H2,1H3,(H2,25,27)(H,28,30)(H,29,32)/t12-,19+/m0/s1. The third kappa shape index (κ3) is 3.95. The van der Waals surface area contributed by atoms with E-state index in [4.69, 9.17) is 17.3 Å². The molecular formula is C23H22ClN7O2. The molecule has 0 saturated carbocycles. The van der Waals surface area contributed by atoms with E-state index in [0.717, 1.165) is 29.3 Å². The number of nitrogen functional groups attached to an aromatic ring is 1. The highest BCUT2D eigenvalue weighted by Gasteiger charge is 2.34. The van der Waals surface area contributed by atoms with Crippen LogP contribution in [-0.4, -0.2) is 43.4 Å². The van der Waals surface area contributed by atoms with E-state index in [-0.39, 0.29) is 12.0 Å². The van der Waals surface area contributed by atoms with Crippen LogP contribution in [0.4, 0.5) is 11.5 Å². The Morgan fingerprint density at radius 3 is 2.88 bits per heavy atom. The molecule has 1 fully saturated rings. The van der Waals surface area contributed by atoms with Gasteiger partial charge in [0.15, 0.2) is 0 Å². The molecule has 168 valence electrons. The Kier molecular flexibility index (Phi) is 5.33. The number of aromatic nitrogens is 4. The molecule has 3 aromatic heterocycles. The minimum atomic E-state index is -0.734. The van der Waals surface area contributed by atoms with Crippen LogP contribution < -0.4 is 11.1 Å². The fourth-order valence-corrected chi connectivity index (χ4v) is 4.56. The number of hydrogen-bond acceptors (Lipinski definition) is 6. The van der Waals surface area contributed by atoms with E-state index in [1.54, 1.807) is 11.1 Å². The predicted molar refractivity (Wildman–Crippen MR) is 127 cm³/mol. The Morgan fingerprint density at radius 2 is 2.03 bits per heavy atom. The lowest BCUT2D eigenvalue weighted by Crippen LogP contribution is -2.46. The maximum absolute atomic E-state index is 13.3. The molecule has 0 aliphatic carbocycles. The van der Waals surface area contributed by atoms with Crippen LogP contribution in [0.1, 0.15) is 31.4 Å². The molecule has 2 atom stereocenters. The molecule has 33 heavy (non-hydrogen) atoms. The van der Waals surface area contributed by atoms with Crippen LogP contribution in [0.3, 0.4) is 0 Å².